The largest absolute Gasteiger partial charge is 0.372 e. The molecule has 6 nitrogen and oxygen atoms in total. The highest BCUT2D eigenvalue weighted by Crippen LogP contribution is 2.30. The number of amides is 1. The maximum Gasteiger partial charge on any atom is 0.244 e. The van der Waals surface area contributed by atoms with Gasteiger partial charge in [-0.15, -0.1) is 0 Å². The number of rotatable bonds is 5. The normalized spacial score (nSPS) is 16.8. The van der Waals surface area contributed by atoms with Crippen LogP contribution in [0.5, 0.6) is 0 Å². The Balaban J connectivity index is 1.41. The number of aryl methyl sites for hydroxylation is 1. The average Bonchev–Trinajstić information content (AvgIpc) is 2.73. The standard InChI is InChI=1S/C22H26BrN3O3S/c23-18-6-11-21-17(15-18)5-4-14-26(21)22(27)16-30(28,29)24-19-7-9-20(10-8-19)25-12-2-1-3-13-25/h6-11,15,24H,1-5,12-14,16H2. The summed E-state index contributed by atoms with van der Waals surface area (Å²) in [5.74, 6) is -0.980. The maximum absolute atomic E-state index is 12.8. The van der Waals surface area contributed by atoms with Crippen LogP contribution in [-0.4, -0.2) is 39.7 Å². The lowest BCUT2D eigenvalue weighted by molar-refractivity contribution is -0.116. The van der Waals surface area contributed by atoms with E-state index in [0.29, 0.717) is 12.2 Å². The Hall–Kier alpha value is -2.06. The molecule has 0 spiro atoms. The van der Waals surface area contributed by atoms with Crippen LogP contribution in [0.4, 0.5) is 17.1 Å². The van der Waals surface area contributed by atoms with Gasteiger partial charge in [-0.25, -0.2) is 8.42 Å². The van der Waals surface area contributed by atoms with Crippen LogP contribution in [0.1, 0.15) is 31.2 Å². The summed E-state index contributed by atoms with van der Waals surface area (Å²) in [5, 5.41) is 0. The van der Waals surface area contributed by atoms with E-state index in [1.807, 2.05) is 30.3 Å². The lowest BCUT2D eigenvalue weighted by Gasteiger charge is -2.29. The second-order valence-corrected chi connectivity index (χ2v) is 10.5. The van der Waals surface area contributed by atoms with Crippen LogP contribution in [0.3, 0.4) is 0 Å². The van der Waals surface area contributed by atoms with Crippen molar-refractivity contribution in [3.05, 3.63) is 52.5 Å². The molecule has 0 bridgehead atoms. The van der Waals surface area contributed by atoms with Crippen molar-refractivity contribution in [3.63, 3.8) is 0 Å². The lowest BCUT2D eigenvalue weighted by atomic mass is 10.0. The van der Waals surface area contributed by atoms with Crippen molar-refractivity contribution < 1.29 is 13.2 Å². The first-order valence-electron chi connectivity index (χ1n) is 10.4. The van der Waals surface area contributed by atoms with Gasteiger partial charge in [0.2, 0.25) is 15.9 Å². The molecule has 0 unspecified atom stereocenters. The second-order valence-electron chi connectivity index (χ2n) is 7.88. The molecule has 2 aliphatic rings. The molecule has 160 valence electrons. The van der Waals surface area contributed by atoms with Crippen LogP contribution < -0.4 is 14.5 Å². The summed E-state index contributed by atoms with van der Waals surface area (Å²) >= 11 is 3.45. The highest BCUT2D eigenvalue weighted by Gasteiger charge is 2.27. The minimum Gasteiger partial charge on any atom is -0.372 e. The fourth-order valence-electron chi connectivity index (χ4n) is 4.17. The van der Waals surface area contributed by atoms with Gasteiger partial charge < -0.3 is 9.80 Å². The number of piperidine rings is 1. The number of fused-ring (bicyclic) bond motifs is 1. The van der Waals surface area contributed by atoms with Crippen molar-refractivity contribution in [2.24, 2.45) is 0 Å². The molecular weight excluding hydrogens is 466 g/mol. The van der Waals surface area contributed by atoms with Gasteiger partial charge in [-0.3, -0.25) is 9.52 Å². The molecule has 1 fully saturated rings. The number of sulfonamides is 1. The van der Waals surface area contributed by atoms with E-state index in [1.165, 1.54) is 19.3 Å². The molecule has 8 heteroatoms. The molecule has 2 heterocycles. The predicted molar refractivity (Wildman–Crippen MR) is 125 cm³/mol. The van der Waals surface area contributed by atoms with E-state index in [0.717, 1.165) is 47.3 Å². The third kappa shape index (κ3) is 4.98. The van der Waals surface area contributed by atoms with Gasteiger partial charge in [0.05, 0.1) is 0 Å². The lowest BCUT2D eigenvalue weighted by Crippen LogP contribution is -2.40. The van der Waals surface area contributed by atoms with E-state index in [9.17, 15) is 13.2 Å². The summed E-state index contributed by atoms with van der Waals surface area (Å²) in [6.45, 7) is 2.61. The van der Waals surface area contributed by atoms with Gasteiger partial charge in [0.1, 0.15) is 5.75 Å². The van der Waals surface area contributed by atoms with E-state index in [4.69, 9.17) is 0 Å². The van der Waals surface area contributed by atoms with E-state index in [-0.39, 0.29) is 0 Å². The first-order chi connectivity index (χ1) is 14.4. The van der Waals surface area contributed by atoms with Gasteiger partial charge >= 0.3 is 0 Å². The molecule has 0 atom stereocenters. The van der Waals surface area contributed by atoms with Crippen molar-refractivity contribution in [1.29, 1.82) is 0 Å². The number of hydrogen-bond donors (Lipinski definition) is 1. The van der Waals surface area contributed by atoms with Crippen molar-refractivity contribution in [1.82, 2.24) is 0 Å². The average molecular weight is 492 g/mol. The Morgan fingerprint density at radius 1 is 0.967 bits per heavy atom. The Morgan fingerprint density at radius 2 is 1.70 bits per heavy atom. The van der Waals surface area contributed by atoms with Crippen LogP contribution in [0.2, 0.25) is 0 Å². The molecule has 0 radical (unpaired) electrons. The number of carbonyl (C=O) groups is 1. The number of carbonyl (C=O) groups excluding carboxylic acids is 1. The Bertz CT molecular complexity index is 1020. The van der Waals surface area contributed by atoms with Crippen LogP contribution >= 0.6 is 15.9 Å². The number of anilines is 3. The Labute approximate surface area is 186 Å². The van der Waals surface area contributed by atoms with Gasteiger partial charge in [-0.2, -0.15) is 0 Å². The molecule has 1 saturated heterocycles. The number of hydrogen-bond acceptors (Lipinski definition) is 4. The smallest absolute Gasteiger partial charge is 0.244 e. The maximum atomic E-state index is 12.8. The number of nitrogens with one attached hydrogen (secondary N) is 1. The van der Waals surface area contributed by atoms with Crippen molar-refractivity contribution in [3.8, 4) is 0 Å². The molecule has 2 aromatic rings. The first-order valence-corrected chi connectivity index (χ1v) is 12.8. The third-order valence-electron chi connectivity index (χ3n) is 5.64. The minimum atomic E-state index is -3.80. The quantitative estimate of drug-likeness (QED) is 0.681. The number of nitrogens with zero attached hydrogens (tertiary/aromatic N) is 2. The van der Waals surface area contributed by atoms with Crippen LogP contribution in [-0.2, 0) is 21.2 Å². The van der Waals surface area contributed by atoms with E-state index < -0.39 is 21.7 Å². The van der Waals surface area contributed by atoms with Gasteiger partial charge in [0.25, 0.3) is 0 Å². The van der Waals surface area contributed by atoms with Crippen molar-refractivity contribution >= 4 is 48.9 Å². The third-order valence-corrected chi connectivity index (χ3v) is 7.30. The number of benzene rings is 2. The van der Waals surface area contributed by atoms with Crippen LogP contribution in [0.25, 0.3) is 0 Å². The first kappa shape index (κ1) is 21.2. The van der Waals surface area contributed by atoms with Gasteiger partial charge in [0, 0.05) is 41.2 Å². The van der Waals surface area contributed by atoms with Crippen molar-refractivity contribution in [2.45, 2.75) is 32.1 Å². The summed E-state index contributed by atoms with van der Waals surface area (Å²) in [6, 6.07) is 13.1. The molecule has 0 saturated carbocycles. The molecular formula is C22H26BrN3O3S. The summed E-state index contributed by atoms with van der Waals surface area (Å²) in [7, 11) is -3.80. The van der Waals surface area contributed by atoms with Crippen molar-refractivity contribution in [2.75, 3.05) is 39.9 Å². The molecule has 1 N–H and O–H groups in total. The molecule has 2 aromatic carbocycles. The summed E-state index contributed by atoms with van der Waals surface area (Å²) in [6.07, 6.45) is 5.34. The zero-order chi connectivity index (χ0) is 21.1. The highest BCUT2D eigenvalue weighted by molar-refractivity contribution is 9.10. The SMILES string of the molecule is O=C(CS(=O)(=O)Nc1ccc(N2CCCCC2)cc1)N1CCCc2cc(Br)ccc21. The fraction of sp³-hybridized carbons (Fsp3) is 0.409. The van der Waals surface area contributed by atoms with Gasteiger partial charge in [-0.05, 0) is 80.1 Å². The molecule has 30 heavy (non-hydrogen) atoms. The fourth-order valence-corrected chi connectivity index (χ4v) is 5.63. The second kappa shape index (κ2) is 8.98. The van der Waals surface area contributed by atoms with Crippen LogP contribution in [0.15, 0.2) is 46.9 Å². The van der Waals surface area contributed by atoms with E-state index in [1.54, 1.807) is 17.0 Å². The zero-order valence-electron chi connectivity index (χ0n) is 16.8. The molecule has 4 rings (SSSR count). The topological polar surface area (TPSA) is 69.7 Å². The monoisotopic (exact) mass is 491 g/mol. The highest BCUT2D eigenvalue weighted by atomic mass is 79.9. The number of halogens is 1. The van der Waals surface area contributed by atoms with E-state index in [2.05, 4.69) is 25.6 Å². The molecule has 1 amide bonds. The molecule has 2 aliphatic heterocycles. The summed E-state index contributed by atoms with van der Waals surface area (Å²) in [4.78, 5) is 16.7. The zero-order valence-corrected chi connectivity index (χ0v) is 19.2. The van der Waals surface area contributed by atoms with Gasteiger partial charge in [-0.1, -0.05) is 15.9 Å². The van der Waals surface area contributed by atoms with E-state index >= 15 is 0 Å². The predicted octanol–water partition coefficient (Wildman–Crippen LogP) is 4.16. The summed E-state index contributed by atoms with van der Waals surface area (Å²) in [5.41, 5.74) is 3.44. The minimum absolute atomic E-state index is 0.407. The molecule has 0 aliphatic carbocycles. The van der Waals surface area contributed by atoms with Gasteiger partial charge in [0.15, 0.2) is 0 Å². The Kier molecular flexibility index (Phi) is 6.34. The Morgan fingerprint density at radius 3 is 2.43 bits per heavy atom. The van der Waals surface area contributed by atoms with Crippen LogP contribution in [0, 0.1) is 0 Å². The summed E-state index contributed by atoms with van der Waals surface area (Å²) < 4.78 is 28.8. The molecule has 0 aromatic heterocycles.